The van der Waals surface area contributed by atoms with Gasteiger partial charge in [0.1, 0.15) is 11.6 Å². The molecule has 0 aliphatic rings. The Labute approximate surface area is 122 Å². The second kappa shape index (κ2) is 7.41. The molecule has 0 aliphatic heterocycles. The van der Waals surface area contributed by atoms with E-state index in [1.807, 2.05) is 18.8 Å². The van der Waals surface area contributed by atoms with Gasteiger partial charge in [0, 0.05) is 7.05 Å². The minimum Gasteiger partial charge on any atom is -0.372 e. The summed E-state index contributed by atoms with van der Waals surface area (Å²) < 4.78 is 1.16. The van der Waals surface area contributed by atoms with Crippen LogP contribution in [-0.4, -0.2) is 22.8 Å². The van der Waals surface area contributed by atoms with Crippen LogP contribution in [0.15, 0.2) is 0 Å². The second-order valence-electron chi connectivity index (χ2n) is 4.23. The maximum Gasteiger partial charge on any atom is 0.143 e. The van der Waals surface area contributed by atoms with Gasteiger partial charge in [-0.25, -0.2) is 9.97 Å². The van der Waals surface area contributed by atoms with Gasteiger partial charge in [0.2, 0.25) is 0 Å². The van der Waals surface area contributed by atoms with E-state index in [0.717, 1.165) is 33.1 Å². The number of nitrogens with zero attached hydrogens (tertiary/aromatic N) is 2. The first kappa shape index (κ1) is 15.0. The van der Waals surface area contributed by atoms with Crippen LogP contribution in [0.5, 0.6) is 0 Å². The number of nitrogens with one attached hydrogen (secondary N) is 1. The van der Waals surface area contributed by atoms with Gasteiger partial charge in [-0.05, 0) is 40.7 Å². The summed E-state index contributed by atoms with van der Waals surface area (Å²) >= 11 is 4.19. The summed E-state index contributed by atoms with van der Waals surface area (Å²) in [5, 5.41) is 3.16. The topological polar surface area (TPSA) is 37.8 Å². The number of hydrogen-bond donors (Lipinski definition) is 1. The fourth-order valence-corrected chi connectivity index (χ4v) is 2.74. The molecule has 1 rings (SSSR count). The average Bonchev–Trinajstić information content (AvgIpc) is 2.29. The average molecular weight is 365 g/mol. The predicted octanol–water partition coefficient (Wildman–Crippen LogP) is 3.57. The highest BCUT2D eigenvalue weighted by atomic mass is 127. The molecule has 0 radical (unpaired) electrons. The number of rotatable bonds is 6. The van der Waals surface area contributed by atoms with E-state index in [1.165, 1.54) is 5.69 Å². The van der Waals surface area contributed by atoms with Crippen LogP contribution < -0.4 is 5.32 Å². The molecular formula is C12H20IN3S. The molecule has 0 fully saturated rings. The number of thioether (sulfide) groups is 1. The normalized spacial score (nSPS) is 10.9. The molecular weight excluding hydrogens is 345 g/mol. The van der Waals surface area contributed by atoms with Crippen molar-refractivity contribution in [2.24, 2.45) is 5.92 Å². The largest absolute Gasteiger partial charge is 0.372 e. The van der Waals surface area contributed by atoms with Crippen molar-refractivity contribution >= 4 is 40.2 Å². The molecule has 0 spiro atoms. The Hall–Kier alpha value is -0.0400. The Morgan fingerprint density at radius 3 is 2.59 bits per heavy atom. The highest BCUT2D eigenvalue weighted by Crippen LogP contribution is 2.22. The zero-order valence-electron chi connectivity index (χ0n) is 10.9. The molecule has 0 saturated carbocycles. The maximum atomic E-state index is 4.68. The lowest BCUT2D eigenvalue weighted by Gasteiger charge is -2.12. The predicted molar refractivity (Wildman–Crippen MR) is 84.7 cm³/mol. The second-order valence-corrected chi connectivity index (χ2v) is 6.59. The summed E-state index contributed by atoms with van der Waals surface area (Å²) in [7, 11) is 1.92. The molecule has 1 aromatic rings. The molecule has 3 nitrogen and oxygen atoms in total. The number of anilines is 1. The van der Waals surface area contributed by atoms with E-state index in [0.29, 0.717) is 5.92 Å². The van der Waals surface area contributed by atoms with Crippen LogP contribution in [0, 0.1) is 9.49 Å². The zero-order valence-corrected chi connectivity index (χ0v) is 13.9. The van der Waals surface area contributed by atoms with Gasteiger partial charge in [0.05, 0.1) is 15.0 Å². The molecule has 0 bridgehead atoms. The van der Waals surface area contributed by atoms with Crippen molar-refractivity contribution < 1.29 is 0 Å². The first-order valence-corrected chi connectivity index (χ1v) is 8.12. The Morgan fingerprint density at radius 1 is 1.35 bits per heavy atom. The highest BCUT2D eigenvalue weighted by Gasteiger charge is 2.12. The monoisotopic (exact) mass is 365 g/mol. The van der Waals surface area contributed by atoms with Crippen LogP contribution in [0.3, 0.4) is 0 Å². The minimum atomic E-state index is 0.620. The fraction of sp³-hybridized carbons (Fsp3) is 0.667. The third kappa shape index (κ3) is 4.62. The van der Waals surface area contributed by atoms with Crippen LogP contribution in [-0.2, 0) is 12.2 Å². The van der Waals surface area contributed by atoms with Gasteiger partial charge in [-0.2, -0.15) is 11.8 Å². The molecule has 0 amide bonds. The van der Waals surface area contributed by atoms with Gasteiger partial charge in [-0.15, -0.1) is 0 Å². The summed E-state index contributed by atoms with van der Waals surface area (Å²) in [6.45, 7) is 6.60. The molecule has 0 atom stereocenters. The molecule has 17 heavy (non-hydrogen) atoms. The first-order valence-electron chi connectivity index (χ1n) is 5.89. The Balaban J connectivity index is 3.00. The molecule has 0 aromatic carbocycles. The minimum absolute atomic E-state index is 0.620. The Bertz CT molecular complexity index is 369. The summed E-state index contributed by atoms with van der Waals surface area (Å²) in [4.78, 5) is 9.22. The van der Waals surface area contributed by atoms with Gasteiger partial charge >= 0.3 is 0 Å². The van der Waals surface area contributed by atoms with E-state index >= 15 is 0 Å². The third-order valence-corrected chi connectivity index (χ3v) is 4.24. The van der Waals surface area contributed by atoms with Crippen LogP contribution in [0.1, 0.15) is 32.3 Å². The molecule has 0 unspecified atom stereocenters. The van der Waals surface area contributed by atoms with E-state index in [-0.39, 0.29) is 0 Å². The van der Waals surface area contributed by atoms with Crippen molar-refractivity contribution in [2.75, 3.05) is 18.1 Å². The molecule has 96 valence electrons. The van der Waals surface area contributed by atoms with E-state index in [1.54, 1.807) is 0 Å². The highest BCUT2D eigenvalue weighted by molar-refractivity contribution is 14.1. The Kier molecular flexibility index (Phi) is 6.54. The molecule has 1 N–H and O–H groups in total. The first-order chi connectivity index (χ1) is 8.08. The van der Waals surface area contributed by atoms with Crippen LogP contribution in [0.25, 0.3) is 0 Å². The molecule has 1 heterocycles. The lowest BCUT2D eigenvalue weighted by Crippen LogP contribution is -2.09. The van der Waals surface area contributed by atoms with Crippen LogP contribution >= 0.6 is 34.4 Å². The van der Waals surface area contributed by atoms with Crippen molar-refractivity contribution in [3.05, 3.63) is 15.1 Å². The molecule has 1 aromatic heterocycles. The van der Waals surface area contributed by atoms with Gasteiger partial charge in [0.15, 0.2) is 0 Å². The van der Waals surface area contributed by atoms with Gasteiger partial charge in [-0.3, -0.25) is 0 Å². The van der Waals surface area contributed by atoms with E-state index in [2.05, 4.69) is 58.6 Å². The molecule has 0 aliphatic carbocycles. The van der Waals surface area contributed by atoms with Gasteiger partial charge < -0.3 is 5.32 Å². The Morgan fingerprint density at radius 2 is 2.06 bits per heavy atom. The van der Waals surface area contributed by atoms with Crippen LogP contribution in [0.4, 0.5) is 5.82 Å². The van der Waals surface area contributed by atoms with Crippen molar-refractivity contribution in [1.29, 1.82) is 0 Å². The van der Waals surface area contributed by atoms with E-state index in [4.69, 9.17) is 0 Å². The number of aromatic nitrogens is 2. The summed E-state index contributed by atoms with van der Waals surface area (Å²) in [5.74, 6) is 4.52. The zero-order chi connectivity index (χ0) is 12.8. The SMILES string of the molecule is CCSCc1nc(CC(C)C)c(I)c(NC)n1. The number of hydrogen-bond acceptors (Lipinski definition) is 4. The van der Waals surface area contributed by atoms with E-state index < -0.39 is 0 Å². The third-order valence-electron chi connectivity index (χ3n) is 2.24. The van der Waals surface area contributed by atoms with Crippen molar-refractivity contribution in [3.63, 3.8) is 0 Å². The van der Waals surface area contributed by atoms with Crippen molar-refractivity contribution in [3.8, 4) is 0 Å². The smallest absolute Gasteiger partial charge is 0.143 e. The maximum absolute atomic E-state index is 4.68. The quantitative estimate of drug-likeness (QED) is 0.783. The summed E-state index contributed by atoms with van der Waals surface area (Å²) in [5.41, 5.74) is 1.17. The molecule has 0 saturated heterocycles. The van der Waals surface area contributed by atoms with Gasteiger partial charge in [0.25, 0.3) is 0 Å². The van der Waals surface area contributed by atoms with Crippen molar-refractivity contribution in [2.45, 2.75) is 32.9 Å². The molecule has 5 heteroatoms. The van der Waals surface area contributed by atoms with Crippen LogP contribution in [0.2, 0.25) is 0 Å². The lowest BCUT2D eigenvalue weighted by molar-refractivity contribution is 0.629. The van der Waals surface area contributed by atoms with Gasteiger partial charge in [-0.1, -0.05) is 20.8 Å². The van der Waals surface area contributed by atoms with E-state index in [9.17, 15) is 0 Å². The number of halogens is 1. The van der Waals surface area contributed by atoms with Crippen molar-refractivity contribution in [1.82, 2.24) is 9.97 Å². The summed E-state index contributed by atoms with van der Waals surface area (Å²) in [6, 6.07) is 0. The lowest BCUT2D eigenvalue weighted by atomic mass is 10.1. The fourth-order valence-electron chi connectivity index (χ4n) is 1.49. The summed E-state index contributed by atoms with van der Waals surface area (Å²) in [6.07, 6.45) is 1.01. The standard InChI is InChI=1S/C12H20IN3S/c1-5-17-7-10-15-9(6-8(2)3)11(13)12(14-4)16-10/h8H,5-7H2,1-4H3,(H,14,15,16).